The lowest BCUT2D eigenvalue weighted by Crippen LogP contribution is -2.43. The quantitative estimate of drug-likeness (QED) is 0.0206. The summed E-state index contributed by atoms with van der Waals surface area (Å²) < 4.78 is 26.7. The molecule has 12 heteroatoms. The number of carboxylic acids is 1. The van der Waals surface area contributed by atoms with Gasteiger partial charge in [-0.3, -0.25) is 18.6 Å². The van der Waals surface area contributed by atoms with Crippen molar-refractivity contribution in [1.29, 1.82) is 0 Å². The minimum absolute atomic E-state index is 0.150. The van der Waals surface area contributed by atoms with Gasteiger partial charge in [-0.1, -0.05) is 154 Å². The highest BCUT2D eigenvalue weighted by molar-refractivity contribution is 7.47. The smallest absolute Gasteiger partial charge is 0.472 e. The molecule has 0 aromatic carbocycles. The largest absolute Gasteiger partial charge is 0.480 e. The van der Waals surface area contributed by atoms with Gasteiger partial charge >= 0.3 is 19.8 Å². The molecular formula is C39H74NO10P. The SMILES string of the molecule is CCCC/C=C\CCCCCCCC(=O)OCC(O)COP(=O)(O)OCC(NC(=O)CCCCCCCCCCCCCCCCCC)C(=O)O. The molecule has 0 radical (unpaired) electrons. The number of carboxylic acid groups (broad SMARTS) is 1. The molecule has 0 aliphatic carbocycles. The summed E-state index contributed by atoms with van der Waals surface area (Å²) in [6, 6.07) is -1.54. The number of allylic oxidation sites excluding steroid dienone is 2. The zero-order valence-corrected chi connectivity index (χ0v) is 33.1. The number of esters is 1. The molecule has 0 aromatic rings. The van der Waals surface area contributed by atoms with Crippen molar-refractivity contribution in [1.82, 2.24) is 5.32 Å². The summed E-state index contributed by atoms with van der Waals surface area (Å²) >= 11 is 0. The van der Waals surface area contributed by atoms with Crippen LogP contribution in [-0.2, 0) is 32.7 Å². The van der Waals surface area contributed by atoms with Crippen LogP contribution >= 0.6 is 7.82 Å². The highest BCUT2D eigenvalue weighted by Gasteiger charge is 2.28. The Morgan fingerprint density at radius 3 is 1.55 bits per heavy atom. The molecule has 0 heterocycles. The summed E-state index contributed by atoms with van der Waals surface area (Å²) in [4.78, 5) is 45.7. The number of aliphatic hydroxyl groups is 1. The van der Waals surface area contributed by atoms with Crippen LogP contribution in [0.3, 0.4) is 0 Å². The van der Waals surface area contributed by atoms with E-state index in [0.29, 0.717) is 12.8 Å². The van der Waals surface area contributed by atoms with E-state index < -0.39 is 57.6 Å². The first kappa shape index (κ1) is 49.2. The van der Waals surface area contributed by atoms with Crippen molar-refractivity contribution < 1.29 is 47.8 Å². The predicted molar refractivity (Wildman–Crippen MR) is 203 cm³/mol. The van der Waals surface area contributed by atoms with Crippen LogP contribution in [0.1, 0.15) is 187 Å². The molecule has 1 amide bonds. The van der Waals surface area contributed by atoms with Gasteiger partial charge in [0.1, 0.15) is 12.7 Å². The van der Waals surface area contributed by atoms with Crippen LogP contribution in [0.2, 0.25) is 0 Å². The van der Waals surface area contributed by atoms with E-state index in [1.165, 1.54) is 89.9 Å². The number of amides is 1. The van der Waals surface area contributed by atoms with Crippen molar-refractivity contribution in [3.63, 3.8) is 0 Å². The van der Waals surface area contributed by atoms with Gasteiger partial charge in [0.25, 0.3) is 0 Å². The Kier molecular flexibility index (Phi) is 34.0. The van der Waals surface area contributed by atoms with E-state index in [0.717, 1.165) is 57.8 Å². The summed E-state index contributed by atoms with van der Waals surface area (Å²) in [5.41, 5.74) is 0. The Morgan fingerprint density at radius 2 is 1.04 bits per heavy atom. The fraction of sp³-hybridized carbons (Fsp3) is 0.872. The Labute approximate surface area is 309 Å². The van der Waals surface area contributed by atoms with E-state index in [1.807, 2.05) is 0 Å². The molecule has 3 atom stereocenters. The Balaban J connectivity index is 3.93. The van der Waals surface area contributed by atoms with Gasteiger partial charge in [-0.25, -0.2) is 9.36 Å². The summed E-state index contributed by atoms with van der Waals surface area (Å²) in [7, 11) is -4.75. The number of aliphatic carboxylic acids is 1. The van der Waals surface area contributed by atoms with E-state index in [1.54, 1.807) is 0 Å². The van der Waals surface area contributed by atoms with Crippen molar-refractivity contribution in [3.05, 3.63) is 12.2 Å². The number of aliphatic hydroxyl groups excluding tert-OH is 1. The lowest BCUT2D eigenvalue weighted by Gasteiger charge is -2.18. The van der Waals surface area contributed by atoms with Crippen molar-refractivity contribution in [2.24, 2.45) is 0 Å². The lowest BCUT2D eigenvalue weighted by atomic mass is 10.0. The standard InChI is InChI=1S/C39H74NO10P/c1-3-5-7-9-11-13-15-16-17-18-19-21-22-24-26-28-30-37(42)40-36(39(44)45)34-50-51(46,47)49-33-35(41)32-48-38(43)31-29-27-25-23-20-14-12-10-8-6-4-2/h10,12,35-36,41H,3-9,11,13-34H2,1-2H3,(H,40,42)(H,44,45)(H,46,47)/b12-10-. The van der Waals surface area contributed by atoms with Gasteiger partial charge < -0.3 is 25.2 Å². The Hall–Kier alpha value is -1.78. The number of unbranched alkanes of at least 4 members (excludes halogenated alkanes) is 22. The zero-order valence-electron chi connectivity index (χ0n) is 32.2. The summed E-state index contributed by atoms with van der Waals surface area (Å²) in [6.07, 6.45) is 32.4. The molecule has 300 valence electrons. The number of ether oxygens (including phenoxy) is 1. The van der Waals surface area contributed by atoms with Crippen molar-refractivity contribution >= 4 is 25.7 Å². The van der Waals surface area contributed by atoms with E-state index in [-0.39, 0.29) is 12.8 Å². The molecule has 0 aliphatic rings. The topological polar surface area (TPSA) is 169 Å². The van der Waals surface area contributed by atoms with E-state index in [9.17, 15) is 34.1 Å². The fourth-order valence-electron chi connectivity index (χ4n) is 5.59. The van der Waals surface area contributed by atoms with Crippen LogP contribution in [-0.4, -0.2) is 64.9 Å². The number of rotatable bonds is 38. The third-order valence-electron chi connectivity index (χ3n) is 8.80. The average molecular weight is 748 g/mol. The van der Waals surface area contributed by atoms with Gasteiger partial charge in [-0.2, -0.15) is 0 Å². The molecule has 0 saturated carbocycles. The minimum Gasteiger partial charge on any atom is -0.480 e. The molecule has 0 aliphatic heterocycles. The number of phosphoric ester groups is 1. The third-order valence-corrected chi connectivity index (χ3v) is 9.76. The fourth-order valence-corrected chi connectivity index (χ4v) is 6.36. The van der Waals surface area contributed by atoms with Gasteiger partial charge in [0, 0.05) is 12.8 Å². The molecule has 0 fully saturated rings. The summed E-state index contributed by atoms with van der Waals surface area (Å²) in [6.45, 7) is 2.54. The van der Waals surface area contributed by atoms with E-state index >= 15 is 0 Å². The van der Waals surface area contributed by atoms with Crippen LogP contribution < -0.4 is 5.32 Å². The van der Waals surface area contributed by atoms with Gasteiger partial charge in [0.2, 0.25) is 5.91 Å². The number of hydrogen-bond donors (Lipinski definition) is 4. The molecule has 4 N–H and O–H groups in total. The first-order valence-corrected chi connectivity index (χ1v) is 21.7. The lowest BCUT2D eigenvalue weighted by molar-refractivity contribution is -0.147. The molecule has 3 unspecified atom stereocenters. The Morgan fingerprint density at radius 1 is 0.608 bits per heavy atom. The summed E-state index contributed by atoms with van der Waals surface area (Å²) in [5.74, 6) is -2.37. The number of nitrogens with one attached hydrogen (secondary N) is 1. The normalized spacial score (nSPS) is 14.0. The second-order valence-corrected chi connectivity index (χ2v) is 15.3. The molecular weight excluding hydrogens is 673 g/mol. The third kappa shape index (κ3) is 35.0. The van der Waals surface area contributed by atoms with Crippen molar-refractivity contribution in [2.75, 3.05) is 19.8 Å². The second kappa shape index (κ2) is 35.3. The molecule has 11 nitrogen and oxygen atoms in total. The van der Waals surface area contributed by atoms with Gasteiger partial charge in [-0.05, 0) is 32.1 Å². The number of hydrogen-bond acceptors (Lipinski definition) is 8. The van der Waals surface area contributed by atoms with E-state index in [2.05, 4.69) is 31.3 Å². The number of carbonyl (C=O) groups is 3. The predicted octanol–water partition coefficient (Wildman–Crippen LogP) is 9.72. The van der Waals surface area contributed by atoms with Gasteiger partial charge in [0.05, 0.1) is 13.2 Å². The maximum Gasteiger partial charge on any atom is 0.472 e. The molecule has 51 heavy (non-hydrogen) atoms. The van der Waals surface area contributed by atoms with Crippen LogP contribution in [0.15, 0.2) is 12.2 Å². The first-order valence-electron chi connectivity index (χ1n) is 20.2. The van der Waals surface area contributed by atoms with E-state index in [4.69, 9.17) is 13.8 Å². The molecule has 0 spiro atoms. The molecule has 0 rings (SSSR count). The first-order chi connectivity index (χ1) is 24.6. The minimum atomic E-state index is -4.75. The highest BCUT2D eigenvalue weighted by atomic mass is 31.2. The molecule has 0 bridgehead atoms. The monoisotopic (exact) mass is 748 g/mol. The highest BCUT2D eigenvalue weighted by Crippen LogP contribution is 2.43. The van der Waals surface area contributed by atoms with Crippen molar-refractivity contribution in [2.45, 2.75) is 199 Å². The van der Waals surface area contributed by atoms with Gasteiger partial charge in [0.15, 0.2) is 6.04 Å². The average Bonchev–Trinajstić information content (AvgIpc) is 3.10. The van der Waals surface area contributed by atoms with Crippen LogP contribution in [0.5, 0.6) is 0 Å². The maximum absolute atomic E-state index is 12.3. The van der Waals surface area contributed by atoms with Crippen molar-refractivity contribution in [3.8, 4) is 0 Å². The Bertz CT molecular complexity index is 932. The number of carbonyl (C=O) groups excluding carboxylic acids is 2. The zero-order chi connectivity index (χ0) is 37.8. The van der Waals surface area contributed by atoms with Crippen LogP contribution in [0, 0.1) is 0 Å². The number of phosphoric acid groups is 1. The van der Waals surface area contributed by atoms with Crippen LogP contribution in [0.4, 0.5) is 0 Å². The second-order valence-electron chi connectivity index (χ2n) is 13.8. The maximum atomic E-state index is 12.3. The molecule has 0 saturated heterocycles. The van der Waals surface area contributed by atoms with Crippen LogP contribution in [0.25, 0.3) is 0 Å². The van der Waals surface area contributed by atoms with Gasteiger partial charge in [-0.15, -0.1) is 0 Å². The summed E-state index contributed by atoms with van der Waals surface area (Å²) in [5, 5.41) is 21.7. The molecule has 0 aromatic heterocycles.